The van der Waals surface area contributed by atoms with E-state index < -0.39 is 11.9 Å². The third-order valence-corrected chi connectivity index (χ3v) is 7.17. The minimum Gasteiger partial charge on any atom is -0.478 e. The molecule has 2 fully saturated rings. The molecule has 0 spiro atoms. The van der Waals surface area contributed by atoms with Crippen LogP contribution >= 0.6 is 23.2 Å². The van der Waals surface area contributed by atoms with Gasteiger partial charge in [0.25, 0.3) is 0 Å². The molecule has 1 aromatic rings. The van der Waals surface area contributed by atoms with Crippen molar-refractivity contribution in [3.63, 3.8) is 0 Å². The molecule has 2 unspecified atom stereocenters. The summed E-state index contributed by atoms with van der Waals surface area (Å²) >= 11 is 12.1. The molecular formula is C25H33Cl2N3O6. The van der Waals surface area contributed by atoms with Gasteiger partial charge >= 0.3 is 11.9 Å². The number of hydrogen-bond acceptors (Lipinski definition) is 5. The van der Waals surface area contributed by atoms with Crippen molar-refractivity contribution in [3.8, 4) is 0 Å². The van der Waals surface area contributed by atoms with Gasteiger partial charge in [-0.1, -0.05) is 29.3 Å². The fourth-order valence-corrected chi connectivity index (χ4v) is 4.79. The molecule has 0 radical (unpaired) electrons. The highest BCUT2D eigenvalue weighted by molar-refractivity contribution is 6.42. The number of carbonyl (C=O) groups excluding carboxylic acids is 2. The molecule has 0 aromatic heterocycles. The quantitative estimate of drug-likeness (QED) is 0.508. The van der Waals surface area contributed by atoms with Crippen molar-refractivity contribution in [2.75, 3.05) is 33.2 Å². The number of amides is 2. The highest BCUT2D eigenvalue weighted by Crippen LogP contribution is 2.26. The molecular weight excluding hydrogens is 509 g/mol. The second-order valence-electron chi connectivity index (χ2n) is 8.99. The third-order valence-electron chi connectivity index (χ3n) is 6.43. The molecule has 198 valence electrons. The minimum atomic E-state index is -1.26. The number of aliphatic carboxylic acids is 2. The van der Waals surface area contributed by atoms with Crippen LogP contribution in [0, 0.1) is 0 Å². The molecule has 11 heteroatoms. The number of likely N-dealkylation sites (tertiary alicyclic amines) is 2. The van der Waals surface area contributed by atoms with E-state index in [0.29, 0.717) is 35.2 Å². The molecule has 2 heterocycles. The van der Waals surface area contributed by atoms with Crippen molar-refractivity contribution in [3.05, 3.63) is 46.0 Å². The van der Waals surface area contributed by atoms with Crippen LogP contribution in [0.3, 0.4) is 0 Å². The molecule has 2 aliphatic heterocycles. The van der Waals surface area contributed by atoms with E-state index in [4.69, 9.17) is 33.4 Å². The first-order valence-corrected chi connectivity index (χ1v) is 12.6. The van der Waals surface area contributed by atoms with Crippen LogP contribution in [-0.4, -0.2) is 94.0 Å². The number of carboxylic acids is 2. The van der Waals surface area contributed by atoms with Crippen LogP contribution < -0.4 is 0 Å². The van der Waals surface area contributed by atoms with Gasteiger partial charge in [-0.05, 0) is 56.5 Å². The maximum atomic E-state index is 13.1. The lowest BCUT2D eigenvalue weighted by molar-refractivity contribution is -0.137. The summed E-state index contributed by atoms with van der Waals surface area (Å²) < 4.78 is 0. The van der Waals surface area contributed by atoms with Crippen molar-refractivity contribution < 1.29 is 29.4 Å². The average Bonchev–Trinajstić information content (AvgIpc) is 3.33. The Morgan fingerprint density at radius 2 is 1.64 bits per heavy atom. The molecule has 2 amide bonds. The predicted molar refractivity (Wildman–Crippen MR) is 137 cm³/mol. The predicted octanol–water partition coefficient (Wildman–Crippen LogP) is 3.18. The first kappa shape index (κ1) is 29.6. The topological polar surface area (TPSA) is 118 Å². The Morgan fingerprint density at radius 3 is 2.17 bits per heavy atom. The zero-order valence-electron chi connectivity index (χ0n) is 20.5. The molecule has 2 aliphatic rings. The fourth-order valence-electron chi connectivity index (χ4n) is 4.47. The molecule has 2 N–H and O–H groups in total. The van der Waals surface area contributed by atoms with Crippen LogP contribution in [0.15, 0.2) is 30.4 Å². The van der Waals surface area contributed by atoms with E-state index in [2.05, 4.69) is 4.90 Å². The molecule has 0 aliphatic carbocycles. The average molecular weight is 542 g/mol. The summed E-state index contributed by atoms with van der Waals surface area (Å²) in [5.41, 5.74) is 0.877. The standard InChI is InChI=1S/C21H29Cl2N3O2.C4H4O4/c1-15(27)24(2)17-7-10-26(18(13-17)14-25-8-3-4-9-25)21(28)12-16-5-6-19(22)20(23)11-16;5-3(6)1-2-4(7)8/h5-6,11,17-18H,3-4,7-10,12-14H2,1-2H3;1-2H,(H,5,6)(H,7,8)/b;2-1-. The van der Waals surface area contributed by atoms with Crippen molar-refractivity contribution in [2.24, 2.45) is 0 Å². The lowest BCUT2D eigenvalue weighted by Gasteiger charge is -2.43. The van der Waals surface area contributed by atoms with Gasteiger partial charge in [-0.2, -0.15) is 0 Å². The molecule has 1 aromatic carbocycles. The Balaban J connectivity index is 0.000000493. The van der Waals surface area contributed by atoms with E-state index in [-0.39, 0.29) is 23.9 Å². The molecule has 36 heavy (non-hydrogen) atoms. The number of hydrogen-bond donors (Lipinski definition) is 2. The second kappa shape index (κ2) is 14.2. The third kappa shape index (κ3) is 9.44. The number of nitrogens with zero attached hydrogens (tertiary/aromatic N) is 3. The minimum absolute atomic E-state index is 0.0838. The highest BCUT2D eigenvalue weighted by atomic mass is 35.5. The van der Waals surface area contributed by atoms with Gasteiger partial charge in [0.2, 0.25) is 11.8 Å². The van der Waals surface area contributed by atoms with Crippen LogP contribution in [0.1, 0.15) is 38.2 Å². The lowest BCUT2D eigenvalue weighted by atomic mass is 9.94. The van der Waals surface area contributed by atoms with E-state index in [9.17, 15) is 19.2 Å². The Bertz CT molecular complexity index is 965. The Labute approximate surface area is 221 Å². The molecule has 0 bridgehead atoms. The van der Waals surface area contributed by atoms with Crippen LogP contribution in [0.4, 0.5) is 0 Å². The molecule has 9 nitrogen and oxygen atoms in total. The maximum absolute atomic E-state index is 13.1. The largest absolute Gasteiger partial charge is 0.478 e. The van der Waals surface area contributed by atoms with Crippen molar-refractivity contribution >= 4 is 47.0 Å². The monoisotopic (exact) mass is 541 g/mol. The Kier molecular flexibility index (Phi) is 11.7. The van der Waals surface area contributed by atoms with Crippen LogP contribution in [-0.2, 0) is 25.6 Å². The number of halogens is 2. The maximum Gasteiger partial charge on any atom is 0.328 e. The van der Waals surface area contributed by atoms with Gasteiger partial charge in [0.05, 0.1) is 16.5 Å². The number of carboxylic acid groups (broad SMARTS) is 2. The zero-order chi connectivity index (χ0) is 26.8. The molecule has 0 saturated carbocycles. The highest BCUT2D eigenvalue weighted by Gasteiger charge is 2.35. The van der Waals surface area contributed by atoms with Crippen molar-refractivity contribution in [2.45, 2.75) is 51.1 Å². The van der Waals surface area contributed by atoms with Gasteiger partial charge in [0.15, 0.2) is 0 Å². The first-order valence-electron chi connectivity index (χ1n) is 11.8. The number of rotatable bonds is 7. The van der Waals surface area contributed by atoms with Crippen molar-refractivity contribution in [1.29, 1.82) is 0 Å². The van der Waals surface area contributed by atoms with Gasteiger partial charge in [-0.15, -0.1) is 0 Å². The fraction of sp³-hybridized carbons (Fsp3) is 0.520. The number of benzene rings is 1. The normalized spacial score (nSPS) is 20.1. The Morgan fingerprint density at radius 1 is 1.03 bits per heavy atom. The van der Waals surface area contributed by atoms with E-state index in [1.54, 1.807) is 19.1 Å². The summed E-state index contributed by atoms with van der Waals surface area (Å²) in [4.78, 5) is 50.3. The summed E-state index contributed by atoms with van der Waals surface area (Å²) in [6.45, 7) is 5.37. The van der Waals surface area contributed by atoms with Crippen LogP contribution in [0.25, 0.3) is 0 Å². The summed E-state index contributed by atoms with van der Waals surface area (Å²) in [6, 6.07) is 5.70. The number of carbonyl (C=O) groups is 4. The van der Waals surface area contributed by atoms with Crippen LogP contribution in [0.5, 0.6) is 0 Å². The number of piperidine rings is 1. The Hall–Kier alpha value is -2.62. The van der Waals surface area contributed by atoms with E-state index in [1.165, 1.54) is 12.8 Å². The molecule has 2 saturated heterocycles. The first-order chi connectivity index (χ1) is 17.0. The SMILES string of the molecule is CC(=O)N(C)C1CCN(C(=O)Cc2ccc(Cl)c(Cl)c2)C(CN2CCCC2)C1.O=C(O)/C=C\C(=O)O. The van der Waals surface area contributed by atoms with Gasteiger partial charge < -0.3 is 24.9 Å². The summed E-state index contributed by atoms with van der Waals surface area (Å²) in [5, 5.41) is 16.6. The van der Waals surface area contributed by atoms with E-state index >= 15 is 0 Å². The van der Waals surface area contributed by atoms with Gasteiger partial charge in [0, 0.05) is 51.3 Å². The molecule has 2 atom stereocenters. The van der Waals surface area contributed by atoms with Crippen LogP contribution in [0.2, 0.25) is 10.0 Å². The van der Waals surface area contributed by atoms with E-state index in [1.807, 2.05) is 22.9 Å². The summed E-state index contributed by atoms with van der Waals surface area (Å²) in [6.07, 6.45) is 5.53. The van der Waals surface area contributed by atoms with Crippen molar-refractivity contribution in [1.82, 2.24) is 14.7 Å². The smallest absolute Gasteiger partial charge is 0.328 e. The lowest BCUT2D eigenvalue weighted by Crippen LogP contribution is -2.55. The van der Waals surface area contributed by atoms with Gasteiger partial charge in [0.1, 0.15) is 0 Å². The second-order valence-corrected chi connectivity index (χ2v) is 9.81. The van der Waals surface area contributed by atoms with Gasteiger partial charge in [-0.25, -0.2) is 9.59 Å². The molecule has 3 rings (SSSR count). The van der Waals surface area contributed by atoms with Gasteiger partial charge in [-0.3, -0.25) is 9.59 Å². The summed E-state index contributed by atoms with van der Waals surface area (Å²) in [7, 11) is 1.87. The van der Waals surface area contributed by atoms with E-state index in [0.717, 1.165) is 38.0 Å². The summed E-state index contributed by atoms with van der Waals surface area (Å²) in [5.74, 6) is -2.31. The zero-order valence-corrected chi connectivity index (χ0v) is 22.0.